The molecule has 0 fully saturated rings. The average Bonchev–Trinajstić information content (AvgIpc) is 3.22. The highest BCUT2D eigenvalue weighted by Crippen LogP contribution is 2.21. The van der Waals surface area contributed by atoms with Crippen molar-refractivity contribution in [3.63, 3.8) is 0 Å². The van der Waals surface area contributed by atoms with Gasteiger partial charge in [-0.3, -0.25) is 0 Å². The molecule has 1 aliphatic rings. The molecule has 0 aliphatic carbocycles. The van der Waals surface area contributed by atoms with Crippen LogP contribution < -0.4 is 4.90 Å². The molecule has 1 aliphatic heterocycles. The lowest BCUT2D eigenvalue weighted by Crippen LogP contribution is -2.27. The van der Waals surface area contributed by atoms with Crippen LogP contribution in [0.1, 0.15) is 11.1 Å². The van der Waals surface area contributed by atoms with Crippen molar-refractivity contribution < 1.29 is 13.9 Å². The molecule has 3 aromatic rings. The summed E-state index contributed by atoms with van der Waals surface area (Å²) in [5.74, 6) is 0.248. The van der Waals surface area contributed by atoms with Crippen molar-refractivity contribution in [2.75, 3.05) is 30.5 Å². The van der Waals surface area contributed by atoms with Gasteiger partial charge in [0.15, 0.2) is 5.70 Å². The number of carbonyl (C=O) groups excluding carboxylic acids is 1. The van der Waals surface area contributed by atoms with Gasteiger partial charge in [-0.1, -0.05) is 66.7 Å². The lowest BCUT2D eigenvalue weighted by molar-refractivity contribution is -0.129. The van der Waals surface area contributed by atoms with Gasteiger partial charge >= 0.3 is 5.97 Å². The fourth-order valence-electron chi connectivity index (χ4n) is 3.01. The molecule has 164 valence electrons. The molecule has 4 rings (SSSR count). The highest BCUT2D eigenvalue weighted by Gasteiger charge is 2.23. The average molecular weight is 451 g/mol. The van der Waals surface area contributed by atoms with Gasteiger partial charge in [0.1, 0.15) is 6.67 Å². The van der Waals surface area contributed by atoms with Crippen molar-refractivity contribution in [2.24, 2.45) is 4.99 Å². The van der Waals surface area contributed by atoms with Gasteiger partial charge in [0, 0.05) is 30.2 Å². The Balaban J connectivity index is 0.000000416. The molecule has 4 nitrogen and oxygen atoms in total. The van der Waals surface area contributed by atoms with Gasteiger partial charge in [-0.15, -0.1) is 11.6 Å². The summed E-state index contributed by atoms with van der Waals surface area (Å²) >= 11 is 5.77. The lowest BCUT2D eigenvalue weighted by atomic mass is 10.1. The number of rotatable bonds is 7. The molecule has 0 saturated heterocycles. The monoisotopic (exact) mass is 450 g/mol. The van der Waals surface area contributed by atoms with E-state index >= 15 is 0 Å². The Labute approximate surface area is 192 Å². The van der Waals surface area contributed by atoms with Crippen LogP contribution in [0.15, 0.2) is 102 Å². The van der Waals surface area contributed by atoms with Gasteiger partial charge in [0.25, 0.3) is 0 Å². The fourth-order valence-corrected chi connectivity index (χ4v) is 3.22. The Bertz CT molecular complexity index is 1010. The topological polar surface area (TPSA) is 41.9 Å². The SMILES string of the molecule is O=C1OC(c2ccccc2)=N/C1=C/c1ccc(N(CCF)CCCl)cc1.c1ccccc1. The largest absolute Gasteiger partial charge is 0.402 e. The van der Waals surface area contributed by atoms with Crippen LogP contribution in [-0.2, 0) is 9.53 Å². The number of cyclic esters (lactones) is 1. The number of hydrogen-bond donors (Lipinski definition) is 0. The molecule has 0 unspecified atom stereocenters. The third-order valence-electron chi connectivity index (χ3n) is 4.58. The minimum absolute atomic E-state index is 0.248. The summed E-state index contributed by atoms with van der Waals surface area (Å²) in [5, 5.41) is 0. The first kappa shape index (κ1) is 23.2. The van der Waals surface area contributed by atoms with E-state index in [-0.39, 0.29) is 5.70 Å². The van der Waals surface area contributed by atoms with E-state index in [0.29, 0.717) is 24.9 Å². The minimum Gasteiger partial charge on any atom is -0.402 e. The molecule has 0 bridgehead atoms. The molecule has 0 amide bonds. The van der Waals surface area contributed by atoms with Crippen molar-refractivity contribution in [2.45, 2.75) is 0 Å². The summed E-state index contributed by atoms with van der Waals surface area (Å²) in [6.45, 7) is 0.429. The van der Waals surface area contributed by atoms with Gasteiger partial charge in [0.05, 0.1) is 0 Å². The second-order valence-corrected chi connectivity index (χ2v) is 7.19. The summed E-state index contributed by atoms with van der Waals surface area (Å²) in [4.78, 5) is 18.2. The van der Waals surface area contributed by atoms with Crippen LogP contribution in [0.5, 0.6) is 0 Å². The first-order valence-electron chi connectivity index (χ1n) is 10.3. The number of halogens is 2. The highest BCUT2D eigenvalue weighted by molar-refractivity contribution is 6.18. The highest BCUT2D eigenvalue weighted by atomic mass is 35.5. The second-order valence-electron chi connectivity index (χ2n) is 6.81. The normalized spacial score (nSPS) is 13.8. The van der Waals surface area contributed by atoms with Crippen molar-refractivity contribution in [1.82, 2.24) is 0 Å². The fraction of sp³-hybridized carbons (Fsp3) is 0.154. The van der Waals surface area contributed by atoms with Gasteiger partial charge < -0.3 is 9.64 Å². The van der Waals surface area contributed by atoms with Crippen LogP contribution in [0.25, 0.3) is 6.08 Å². The molecule has 0 spiro atoms. The number of alkyl halides is 2. The first-order chi connectivity index (χ1) is 15.7. The maximum atomic E-state index is 12.7. The number of nitrogens with zero attached hydrogens (tertiary/aromatic N) is 2. The van der Waals surface area contributed by atoms with Gasteiger partial charge in [0.2, 0.25) is 5.90 Å². The molecule has 6 heteroatoms. The number of carbonyl (C=O) groups is 1. The molecular weight excluding hydrogens is 427 g/mol. The molecule has 0 N–H and O–H groups in total. The van der Waals surface area contributed by atoms with Crippen molar-refractivity contribution >= 4 is 35.2 Å². The molecule has 3 aromatic carbocycles. The maximum Gasteiger partial charge on any atom is 0.363 e. The quantitative estimate of drug-likeness (QED) is 0.262. The molecule has 1 heterocycles. The Morgan fingerprint density at radius 3 is 2.03 bits per heavy atom. The number of hydrogen-bond acceptors (Lipinski definition) is 4. The number of benzene rings is 3. The van der Waals surface area contributed by atoms with Crippen LogP contribution in [0.3, 0.4) is 0 Å². The molecule has 0 radical (unpaired) electrons. The third-order valence-corrected chi connectivity index (χ3v) is 4.75. The second kappa shape index (κ2) is 12.4. The Morgan fingerprint density at radius 1 is 0.875 bits per heavy atom. The number of ether oxygens (including phenoxy) is 1. The maximum absolute atomic E-state index is 12.7. The standard InChI is InChI=1S/C20H18ClFN2O2.C6H6/c21-10-12-24(13-11-22)17-8-6-15(7-9-17)14-18-20(25)26-19(23-18)16-4-2-1-3-5-16;1-2-4-6-5-3-1/h1-9,14H,10-13H2;1-6H/b18-14+;. The number of aliphatic imine (C=N–C) groups is 1. The Kier molecular flexibility index (Phi) is 9.02. The van der Waals surface area contributed by atoms with Crippen LogP contribution in [-0.4, -0.2) is 37.5 Å². The van der Waals surface area contributed by atoms with Gasteiger partial charge in [-0.05, 0) is 35.9 Å². The van der Waals surface area contributed by atoms with Crippen molar-refractivity contribution in [3.05, 3.63) is 108 Å². The molecule has 0 saturated carbocycles. The minimum atomic E-state index is -0.478. The molecule has 32 heavy (non-hydrogen) atoms. The Hall–Kier alpha value is -3.44. The van der Waals surface area contributed by atoms with E-state index < -0.39 is 12.6 Å². The summed E-state index contributed by atoms with van der Waals surface area (Å²) in [5.41, 5.74) is 2.69. The van der Waals surface area contributed by atoms with E-state index in [0.717, 1.165) is 16.8 Å². The van der Waals surface area contributed by atoms with Crippen molar-refractivity contribution in [3.8, 4) is 0 Å². The van der Waals surface area contributed by atoms with E-state index in [1.165, 1.54) is 0 Å². The zero-order chi connectivity index (χ0) is 22.6. The van der Waals surface area contributed by atoms with Crippen molar-refractivity contribution in [1.29, 1.82) is 0 Å². The van der Waals surface area contributed by atoms with Gasteiger partial charge in [-0.2, -0.15) is 0 Å². The zero-order valence-electron chi connectivity index (χ0n) is 17.5. The van der Waals surface area contributed by atoms with E-state index in [1.54, 1.807) is 6.08 Å². The number of anilines is 1. The predicted molar refractivity (Wildman–Crippen MR) is 129 cm³/mol. The molecule has 0 atom stereocenters. The summed E-state index contributed by atoms with van der Waals surface area (Å²) in [6.07, 6.45) is 1.67. The lowest BCUT2D eigenvalue weighted by Gasteiger charge is -2.22. The summed E-state index contributed by atoms with van der Waals surface area (Å²) < 4.78 is 17.9. The zero-order valence-corrected chi connectivity index (χ0v) is 18.3. The van der Waals surface area contributed by atoms with E-state index in [2.05, 4.69) is 4.99 Å². The van der Waals surface area contributed by atoms with Crippen LogP contribution in [0.2, 0.25) is 0 Å². The molecular formula is C26H24ClFN2O2. The predicted octanol–water partition coefficient (Wildman–Crippen LogP) is 5.73. The number of esters is 1. The third kappa shape index (κ3) is 6.79. The first-order valence-corrected chi connectivity index (χ1v) is 10.8. The van der Waals surface area contributed by atoms with E-state index in [4.69, 9.17) is 16.3 Å². The molecule has 0 aromatic heterocycles. The van der Waals surface area contributed by atoms with Crippen LogP contribution in [0, 0.1) is 0 Å². The Morgan fingerprint density at radius 2 is 1.47 bits per heavy atom. The summed E-state index contributed by atoms with van der Waals surface area (Å²) in [7, 11) is 0. The summed E-state index contributed by atoms with van der Waals surface area (Å²) in [6, 6.07) is 28.7. The van der Waals surface area contributed by atoms with Crippen LogP contribution in [0.4, 0.5) is 10.1 Å². The van der Waals surface area contributed by atoms with Crippen LogP contribution >= 0.6 is 11.6 Å². The van der Waals surface area contributed by atoms with Gasteiger partial charge in [-0.25, -0.2) is 14.2 Å². The van der Waals surface area contributed by atoms with E-state index in [1.807, 2.05) is 95.9 Å². The smallest absolute Gasteiger partial charge is 0.363 e. The van der Waals surface area contributed by atoms with E-state index in [9.17, 15) is 9.18 Å².